The number of hydrogen-bond donors (Lipinski definition) is 2. The maximum atomic E-state index is 12.1. The lowest BCUT2D eigenvalue weighted by Crippen LogP contribution is -2.30. The Hall–Kier alpha value is -1.55. The van der Waals surface area contributed by atoms with E-state index in [1.54, 1.807) is 0 Å². The number of carbonyl (C=O) groups excluding carboxylic acids is 1. The van der Waals surface area contributed by atoms with Crippen molar-refractivity contribution in [3.05, 3.63) is 24.3 Å². The second kappa shape index (κ2) is 6.75. The Balaban J connectivity index is 1.96. The first-order valence-corrected chi connectivity index (χ1v) is 7.37. The number of aliphatic hydroxyl groups is 1. The number of hydrogen-bond acceptors (Lipinski definition) is 3. The zero-order valence-corrected chi connectivity index (χ0v) is 12.0. The fourth-order valence-corrected chi connectivity index (χ4v) is 2.61. The van der Waals surface area contributed by atoms with Crippen molar-refractivity contribution in [3.8, 4) is 5.75 Å². The Bertz CT molecular complexity index is 453. The van der Waals surface area contributed by atoms with Gasteiger partial charge in [-0.3, -0.25) is 4.79 Å². The van der Waals surface area contributed by atoms with Crippen LogP contribution in [0.2, 0.25) is 0 Å². The first-order valence-electron chi connectivity index (χ1n) is 7.37. The molecule has 20 heavy (non-hydrogen) atoms. The van der Waals surface area contributed by atoms with E-state index in [9.17, 15) is 9.90 Å². The Kier molecular flexibility index (Phi) is 5.01. The smallest absolute Gasteiger partial charge is 0.227 e. The average Bonchev–Trinajstić information content (AvgIpc) is 2.84. The third kappa shape index (κ3) is 3.97. The van der Waals surface area contributed by atoms with Crippen molar-refractivity contribution < 1.29 is 14.6 Å². The number of ether oxygens (including phenoxy) is 1. The Labute approximate surface area is 120 Å². The molecule has 1 aliphatic carbocycles. The van der Waals surface area contributed by atoms with E-state index in [2.05, 4.69) is 5.32 Å². The summed E-state index contributed by atoms with van der Waals surface area (Å²) in [4.78, 5) is 12.1. The molecule has 0 heterocycles. The van der Waals surface area contributed by atoms with Crippen LogP contribution in [0.15, 0.2) is 24.3 Å². The minimum atomic E-state index is -0.816. The van der Waals surface area contributed by atoms with E-state index in [1.165, 1.54) is 0 Å². The van der Waals surface area contributed by atoms with Gasteiger partial charge in [0, 0.05) is 0 Å². The largest absolute Gasteiger partial charge is 0.491 e. The molecule has 0 aliphatic heterocycles. The molecule has 1 saturated carbocycles. The van der Waals surface area contributed by atoms with E-state index in [0.717, 1.165) is 19.3 Å². The number of carbonyl (C=O) groups is 1. The highest BCUT2D eigenvalue weighted by Gasteiger charge is 2.33. The maximum absolute atomic E-state index is 12.1. The van der Waals surface area contributed by atoms with Gasteiger partial charge < -0.3 is 15.2 Å². The summed E-state index contributed by atoms with van der Waals surface area (Å²) in [6.07, 6.45) is 4.51. The van der Waals surface area contributed by atoms with Crippen LogP contribution in [0.25, 0.3) is 0 Å². The molecule has 1 aromatic carbocycles. The number of nitrogens with one attached hydrogen (secondary N) is 1. The van der Waals surface area contributed by atoms with Crippen LogP contribution in [-0.2, 0) is 4.79 Å². The van der Waals surface area contributed by atoms with Crippen LogP contribution in [-0.4, -0.2) is 23.2 Å². The molecular formula is C16H23NO3. The number of benzene rings is 1. The van der Waals surface area contributed by atoms with Crippen molar-refractivity contribution in [1.29, 1.82) is 0 Å². The molecule has 4 nitrogen and oxygen atoms in total. The van der Waals surface area contributed by atoms with Crippen LogP contribution < -0.4 is 10.1 Å². The monoisotopic (exact) mass is 277 g/mol. The van der Waals surface area contributed by atoms with Gasteiger partial charge in [0.15, 0.2) is 0 Å². The first-order chi connectivity index (χ1) is 9.63. The zero-order chi connectivity index (χ0) is 14.4. The first kappa shape index (κ1) is 14.9. The molecule has 0 saturated heterocycles. The van der Waals surface area contributed by atoms with Gasteiger partial charge >= 0.3 is 0 Å². The average molecular weight is 277 g/mol. The van der Waals surface area contributed by atoms with E-state index in [1.807, 2.05) is 31.2 Å². The fourth-order valence-electron chi connectivity index (χ4n) is 2.61. The summed E-state index contributed by atoms with van der Waals surface area (Å²) in [6, 6.07) is 7.40. The number of rotatable bonds is 6. The van der Waals surface area contributed by atoms with Crippen molar-refractivity contribution in [2.45, 2.75) is 51.0 Å². The molecule has 1 aliphatic rings. The van der Waals surface area contributed by atoms with E-state index >= 15 is 0 Å². The van der Waals surface area contributed by atoms with Gasteiger partial charge in [0.1, 0.15) is 5.75 Å². The van der Waals surface area contributed by atoms with Crippen molar-refractivity contribution >= 4 is 11.6 Å². The fraction of sp³-hybridized carbons (Fsp3) is 0.562. The summed E-state index contributed by atoms with van der Waals surface area (Å²) in [5, 5.41) is 13.1. The normalized spacial score (nSPS) is 16.9. The molecule has 1 fully saturated rings. The second-order valence-corrected chi connectivity index (χ2v) is 5.50. The number of para-hydroxylation sites is 2. The predicted molar refractivity (Wildman–Crippen MR) is 78.9 cm³/mol. The lowest BCUT2D eigenvalue weighted by Gasteiger charge is -2.21. The van der Waals surface area contributed by atoms with Gasteiger partial charge in [-0.15, -0.1) is 0 Å². The molecule has 0 unspecified atom stereocenters. The molecular weight excluding hydrogens is 254 g/mol. The molecule has 110 valence electrons. The van der Waals surface area contributed by atoms with E-state index in [4.69, 9.17) is 4.74 Å². The van der Waals surface area contributed by atoms with Crippen LogP contribution in [0, 0.1) is 0 Å². The molecule has 0 bridgehead atoms. The highest BCUT2D eigenvalue weighted by atomic mass is 16.5. The van der Waals surface area contributed by atoms with Gasteiger partial charge in [-0.2, -0.15) is 0 Å². The maximum Gasteiger partial charge on any atom is 0.227 e. The summed E-state index contributed by atoms with van der Waals surface area (Å²) in [6.45, 7) is 2.66. The van der Waals surface area contributed by atoms with Crippen molar-refractivity contribution in [1.82, 2.24) is 0 Å². The topological polar surface area (TPSA) is 58.6 Å². The Morgan fingerprint density at radius 2 is 2.05 bits per heavy atom. The molecule has 0 atom stereocenters. The van der Waals surface area contributed by atoms with E-state index < -0.39 is 5.60 Å². The lowest BCUT2D eigenvalue weighted by molar-refractivity contribution is -0.120. The third-order valence-electron chi connectivity index (χ3n) is 3.65. The molecule has 1 aromatic rings. The van der Waals surface area contributed by atoms with Crippen LogP contribution >= 0.6 is 0 Å². The summed E-state index contributed by atoms with van der Waals surface area (Å²) in [7, 11) is 0. The number of amides is 1. The van der Waals surface area contributed by atoms with E-state index in [-0.39, 0.29) is 12.3 Å². The minimum absolute atomic E-state index is 0.151. The van der Waals surface area contributed by atoms with Gasteiger partial charge in [-0.1, -0.05) is 31.9 Å². The minimum Gasteiger partial charge on any atom is -0.491 e. The Morgan fingerprint density at radius 3 is 2.75 bits per heavy atom. The lowest BCUT2D eigenvalue weighted by atomic mass is 9.97. The van der Waals surface area contributed by atoms with Gasteiger partial charge in [0.25, 0.3) is 0 Å². The summed E-state index contributed by atoms with van der Waals surface area (Å²) >= 11 is 0. The summed E-state index contributed by atoms with van der Waals surface area (Å²) < 4.78 is 5.61. The predicted octanol–water partition coefficient (Wildman–Crippen LogP) is 3.11. The molecule has 0 radical (unpaired) electrons. The molecule has 1 amide bonds. The van der Waals surface area contributed by atoms with Crippen molar-refractivity contribution in [3.63, 3.8) is 0 Å². The highest BCUT2D eigenvalue weighted by molar-refractivity contribution is 5.92. The van der Waals surface area contributed by atoms with Gasteiger partial charge in [-0.25, -0.2) is 0 Å². The SMILES string of the molecule is CCCOc1ccccc1NC(=O)CC1(O)CCCC1. The zero-order valence-electron chi connectivity index (χ0n) is 12.0. The second-order valence-electron chi connectivity index (χ2n) is 5.50. The highest BCUT2D eigenvalue weighted by Crippen LogP contribution is 2.33. The molecule has 2 rings (SSSR count). The number of anilines is 1. The van der Waals surface area contributed by atoms with Gasteiger partial charge in [0.05, 0.1) is 24.3 Å². The molecule has 0 aromatic heterocycles. The van der Waals surface area contributed by atoms with Crippen LogP contribution in [0.4, 0.5) is 5.69 Å². The third-order valence-corrected chi connectivity index (χ3v) is 3.65. The molecule has 4 heteroatoms. The van der Waals surface area contributed by atoms with Gasteiger partial charge in [-0.05, 0) is 31.4 Å². The van der Waals surface area contributed by atoms with Crippen LogP contribution in [0.5, 0.6) is 5.75 Å². The van der Waals surface area contributed by atoms with Gasteiger partial charge in [0.2, 0.25) is 5.91 Å². The molecule has 2 N–H and O–H groups in total. The quantitative estimate of drug-likeness (QED) is 0.840. The van der Waals surface area contributed by atoms with Crippen molar-refractivity contribution in [2.24, 2.45) is 0 Å². The van der Waals surface area contributed by atoms with E-state index in [0.29, 0.717) is 30.9 Å². The standard InChI is InChI=1S/C16H23NO3/c1-2-11-20-14-8-4-3-7-13(14)17-15(18)12-16(19)9-5-6-10-16/h3-4,7-8,19H,2,5-6,9-12H2,1H3,(H,17,18). The summed E-state index contributed by atoms with van der Waals surface area (Å²) in [5.41, 5.74) is -0.143. The molecule has 0 spiro atoms. The van der Waals surface area contributed by atoms with Crippen molar-refractivity contribution in [2.75, 3.05) is 11.9 Å². The summed E-state index contributed by atoms with van der Waals surface area (Å²) in [5.74, 6) is 0.531. The van der Waals surface area contributed by atoms with Crippen LogP contribution in [0.1, 0.15) is 45.4 Å². The Morgan fingerprint density at radius 1 is 1.35 bits per heavy atom. The van der Waals surface area contributed by atoms with Crippen LogP contribution in [0.3, 0.4) is 0 Å².